The van der Waals surface area contributed by atoms with E-state index in [1.807, 2.05) is 20.1 Å². The molecule has 0 aromatic rings. The van der Waals surface area contributed by atoms with Crippen molar-refractivity contribution in [2.24, 2.45) is 17.4 Å². The number of thioether (sulfide) groups is 1. The van der Waals surface area contributed by atoms with Crippen molar-refractivity contribution in [3.63, 3.8) is 0 Å². The zero-order valence-electron chi connectivity index (χ0n) is 19.1. The Bertz CT molecular complexity index is 607. The van der Waals surface area contributed by atoms with Crippen molar-refractivity contribution in [1.29, 1.82) is 0 Å². The number of aliphatic carboxylic acids is 1. The average Bonchev–Trinajstić information content (AvgIpc) is 2.73. The van der Waals surface area contributed by atoms with Crippen LogP contribution >= 0.6 is 11.8 Å². The summed E-state index contributed by atoms with van der Waals surface area (Å²) in [5, 5.41) is 25.7. The van der Waals surface area contributed by atoms with Gasteiger partial charge in [-0.3, -0.25) is 14.4 Å². The van der Waals surface area contributed by atoms with Crippen molar-refractivity contribution in [1.82, 2.24) is 16.0 Å². The fourth-order valence-electron chi connectivity index (χ4n) is 2.85. The minimum absolute atomic E-state index is 0.00806. The molecule has 0 spiro atoms. The summed E-state index contributed by atoms with van der Waals surface area (Å²) in [4.78, 5) is 49.1. The molecule has 0 radical (unpaired) electrons. The third-order valence-corrected chi connectivity index (χ3v) is 5.33. The van der Waals surface area contributed by atoms with Gasteiger partial charge in [0.2, 0.25) is 17.7 Å². The summed E-state index contributed by atoms with van der Waals surface area (Å²) in [6, 6.07) is -4.19. The van der Waals surface area contributed by atoms with E-state index in [-0.39, 0.29) is 12.3 Å². The molecule has 12 heteroatoms. The molecule has 0 aliphatic rings. The van der Waals surface area contributed by atoms with Gasteiger partial charge < -0.3 is 37.6 Å². The van der Waals surface area contributed by atoms with Crippen molar-refractivity contribution in [3.05, 3.63) is 0 Å². The van der Waals surface area contributed by atoms with Gasteiger partial charge in [-0.15, -0.1) is 0 Å². The van der Waals surface area contributed by atoms with E-state index >= 15 is 0 Å². The smallest absolute Gasteiger partial charge is 0.328 e. The van der Waals surface area contributed by atoms with Crippen LogP contribution in [0.25, 0.3) is 0 Å². The molecule has 32 heavy (non-hydrogen) atoms. The summed E-state index contributed by atoms with van der Waals surface area (Å²) in [7, 11) is 0. The van der Waals surface area contributed by atoms with Gasteiger partial charge in [-0.25, -0.2) is 4.79 Å². The van der Waals surface area contributed by atoms with Crippen LogP contribution in [-0.2, 0) is 19.2 Å². The quantitative estimate of drug-likeness (QED) is 0.125. The first-order chi connectivity index (χ1) is 15.1. The van der Waals surface area contributed by atoms with Gasteiger partial charge in [-0.1, -0.05) is 13.8 Å². The number of nitrogens with two attached hydrogens (primary N) is 2. The van der Waals surface area contributed by atoms with Crippen LogP contribution in [0.2, 0.25) is 0 Å². The van der Waals surface area contributed by atoms with Gasteiger partial charge in [-0.05, 0) is 56.6 Å². The van der Waals surface area contributed by atoms with Gasteiger partial charge in [0.1, 0.15) is 18.1 Å². The maximum atomic E-state index is 12.9. The second-order valence-electron chi connectivity index (χ2n) is 8.01. The van der Waals surface area contributed by atoms with Gasteiger partial charge in [0, 0.05) is 0 Å². The van der Waals surface area contributed by atoms with E-state index in [0.717, 1.165) is 0 Å². The first-order valence-corrected chi connectivity index (χ1v) is 12.2. The number of hydrogen-bond acceptors (Lipinski definition) is 8. The Morgan fingerprint density at radius 3 is 1.97 bits per heavy atom. The van der Waals surface area contributed by atoms with E-state index in [1.165, 1.54) is 0 Å². The lowest BCUT2D eigenvalue weighted by Crippen LogP contribution is -2.57. The fourth-order valence-corrected chi connectivity index (χ4v) is 3.34. The standard InChI is InChI=1S/C20H39N5O6S/c1-12(2)10-15(19(29)25-16(11-26)20(30)31)24-18(28)14(6-4-5-8-21)23-17(27)13(22)7-9-32-3/h12-16,26H,4-11,21-22H2,1-3H3,(H,23,27)(H,24,28)(H,25,29)(H,30,31). The van der Waals surface area contributed by atoms with E-state index in [4.69, 9.17) is 21.7 Å². The summed E-state index contributed by atoms with van der Waals surface area (Å²) in [6.45, 7) is 3.34. The molecule has 0 aliphatic carbocycles. The summed E-state index contributed by atoms with van der Waals surface area (Å²) in [5.74, 6) is -2.43. The molecule has 186 valence electrons. The Kier molecular flexibility index (Phi) is 15.7. The van der Waals surface area contributed by atoms with Crippen molar-refractivity contribution >= 4 is 35.5 Å². The maximum Gasteiger partial charge on any atom is 0.328 e. The molecule has 0 saturated heterocycles. The Labute approximate surface area is 193 Å². The minimum Gasteiger partial charge on any atom is -0.480 e. The number of nitrogens with one attached hydrogen (secondary N) is 3. The first-order valence-electron chi connectivity index (χ1n) is 10.8. The van der Waals surface area contributed by atoms with Crippen LogP contribution in [0.3, 0.4) is 0 Å². The number of carboxylic acids is 1. The molecule has 4 unspecified atom stereocenters. The highest BCUT2D eigenvalue weighted by Crippen LogP contribution is 2.08. The highest BCUT2D eigenvalue weighted by atomic mass is 32.2. The molecule has 0 aromatic heterocycles. The number of hydrogen-bond donors (Lipinski definition) is 7. The number of aliphatic hydroxyl groups is 1. The van der Waals surface area contributed by atoms with Gasteiger partial charge in [0.05, 0.1) is 12.6 Å². The largest absolute Gasteiger partial charge is 0.480 e. The molecule has 0 aromatic carbocycles. The van der Waals surface area contributed by atoms with Crippen molar-refractivity contribution in [3.8, 4) is 0 Å². The fraction of sp³-hybridized carbons (Fsp3) is 0.800. The number of rotatable bonds is 17. The first kappa shape index (κ1) is 30.1. The molecule has 0 aliphatic heterocycles. The summed E-state index contributed by atoms with van der Waals surface area (Å²) < 4.78 is 0. The SMILES string of the molecule is CSCCC(N)C(=O)NC(CCCCN)C(=O)NC(CC(C)C)C(=O)NC(CO)C(=O)O. The normalized spacial score (nSPS) is 14.8. The third kappa shape index (κ3) is 12.2. The van der Waals surface area contributed by atoms with Crippen molar-refractivity contribution < 1.29 is 29.4 Å². The lowest BCUT2D eigenvalue weighted by atomic mass is 10.0. The molecule has 0 fully saturated rings. The third-order valence-electron chi connectivity index (χ3n) is 4.69. The molecule has 0 saturated carbocycles. The topological polar surface area (TPSA) is 197 Å². The van der Waals surface area contributed by atoms with E-state index < -0.39 is 54.5 Å². The molecule has 0 rings (SSSR count). The van der Waals surface area contributed by atoms with Crippen LogP contribution in [0.4, 0.5) is 0 Å². The predicted octanol–water partition coefficient (Wildman–Crippen LogP) is -1.23. The van der Waals surface area contributed by atoms with Crippen molar-refractivity contribution in [2.75, 3.05) is 25.2 Å². The van der Waals surface area contributed by atoms with E-state index in [9.17, 15) is 19.2 Å². The molecular formula is C20H39N5O6S. The Balaban J connectivity index is 5.36. The highest BCUT2D eigenvalue weighted by Gasteiger charge is 2.30. The number of carbonyl (C=O) groups excluding carboxylic acids is 3. The highest BCUT2D eigenvalue weighted by molar-refractivity contribution is 7.98. The van der Waals surface area contributed by atoms with E-state index in [2.05, 4.69) is 16.0 Å². The zero-order chi connectivity index (χ0) is 24.7. The molecule has 3 amide bonds. The van der Waals surface area contributed by atoms with Gasteiger partial charge in [-0.2, -0.15) is 11.8 Å². The molecule has 11 nitrogen and oxygen atoms in total. The van der Waals surface area contributed by atoms with Gasteiger partial charge >= 0.3 is 5.97 Å². The van der Waals surface area contributed by atoms with Crippen LogP contribution in [0.1, 0.15) is 46.0 Å². The predicted molar refractivity (Wildman–Crippen MR) is 124 cm³/mol. The minimum atomic E-state index is -1.48. The van der Waals surface area contributed by atoms with Crippen LogP contribution in [0.15, 0.2) is 0 Å². The Morgan fingerprint density at radius 2 is 1.47 bits per heavy atom. The second kappa shape index (κ2) is 16.7. The number of aliphatic hydroxyl groups excluding tert-OH is 1. The maximum absolute atomic E-state index is 12.9. The van der Waals surface area contributed by atoms with Crippen LogP contribution in [-0.4, -0.2) is 83.2 Å². The summed E-state index contributed by atoms with van der Waals surface area (Å²) in [5.41, 5.74) is 11.4. The lowest BCUT2D eigenvalue weighted by molar-refractivity contribution is -0.143. The van der Waals surface area contributed by atoms with Crippen LogP contribution in [0, 0.1) is 5.92 Å². The van der Waals surface area contributed by atoms with Gasteiger partial charge in [0.15, 0.2) is 0 Å². The Morgan fingerprint density at radius 1 is 0.906 bits per heavy atom. The Hall–Kier alpha value is -1.89. The van der Waals surface area contributed by atoms with Crippen molar-refractivity contribution in [2.45, 2.75) is 70.1 Å². The summed E-state index contributed by atoms with van der Waals surface area (Å²) >= 11 is 1.56. The molecule has 9 N–H and O–H groups in total. The van der Waals surface area contributed by atoms with E-state index in [1.54, 1.807) is 11.8 Å². The van der Waals surface area contributed by atoms with E-state index in [0.29, 0.717) is 38.0 Å². The van der Waals surface area contributed by atoms with Crippen LogP contribution in [0.5, 0.6) is 0 Å². The van der Waals surface area contributed by atoms with Gasteiger partial charge in [0.25, 0.3) is 0 Å². The molecule has 0 heterocycles. The molecule has 4 atom stereocenters. The average molecular weight is 478 g/mol. The molecule has 0 bridgehead atoms. The number of amides is 3. The molecular weight excluding hydrogens is 438 g/mol. The zero-order valence-corrected chi connectivity index (χ0v) is 20.0. The van der Waals surface area contributed by atoms with Crippen LogP contribution < -0.4 is 27.4 Å². The number of unbranched alkanes of at least 4 members (excludes halogenated alkanes) is 1. The second-order valence-corrected chi connectivity index (χ2v) is 8.99. The number of carbonyl (C=O) groups is 4. The number of carboxylic acid groups (broad SMARTS) is 1. The summed E-state index contributed by atoms with van der Waals surface area (Å²) in [6.07, 6.45) is 4.16. The lowest BCUT2D eigenvalue weighted by Gasteiger charge is -2.26. The monoisotopic (exact) mass is 477 g/mol.